The number of hydrogen-bond acceptors (Lipinski definition) is 4. The second kappa shape index (κ2) is 7.04. The van der Waals surface area contributed by atoms with Gasteiger partial charge < -0.3 is 14.5 Å². The zero-order valence-electron chi connectivity index (χ0n) is 15.3. The van der Waals surface area contributed by atoms with Crippen LogP contribution in [0.15, 0.2) is 24.5 Å². The highest BCUT2D eigenvalue weighted by atomic mass is 16.5. The van der Waals surface area contributed by atoms with Crippen LogP contribution in [0.1, 0.15) is 36.0 Å². The summed E-state index contributed by atoms with van der Waals surface area (Å²) in [5, 5.41) is 0. The van der Waals surface area contributed by atoms with E-state index in [9.17, 15) is 4.79 Å². The Morgan fingerprint density at radius 1 is 1.20 bits per heavy atom. The number of aromatic nitrogens is 1. The summed E-state index contributed by atoms with van der Waals surface area (Å²) in [4.78, 5) is 21.1. The molecule has 1 aromatic heterocycles. The highest BCUT2D eigenvalue weighted by Crippen LogP contribution is 2.40. The van der Waals surface area contributed by atoms with Crippen LogP contribution < -0.4 is 0 Å². The molecule has 1 aliphatic heterocycles. The molecule has 1 aromatic rings. The highest BCUT2D eigenvalue weighted by molar-refractivity contribution is 5.94. The monoisotopic (exact) mass is 343 g/mol. The van der Waals surface area contributed by atoms with Gasteiger partial charge in [0.25, 0.3) is 5.91 Å². The average Bonchev–Trinajstić information content (AvgIpc) is 3.36. The number of nitrogens with zero attached hydrogens (tertiary/aromatic N) is 3. The maximum absolute atomic E-state index is 12.8. The molecule has 5 heteroatoms. The van der Waals surface area contributed by atoms with Crippen LogP contribution in [0.2, 0.25) is 0 Å². The van der Waals surface area contributed by atoms with Gasteiger partial charge in [-0.3, -0.25) is 9.78 Å². The van der Waals surface area contributed by atoms with Gasteiger partial charge in [0.15, 0.2) is 0 Å². The number of pyridine rings is 1. The van der Waals surface area contributed by atoms with Crippen LogP contribution in [0.25, 0.3) is 0 Å². The zero-order chi connectivity index (χ0) is 17.4. The predicted octanol–water partition coefficient (Wildman–Crippen LogP) is 2.29. The molecule has 0 aromatic carbocycles. The summed E-state index contributed by atoms with van der Waals surface area (Å²) in [6.07, 6.45) is 8.58. The first-order valence-electron chi connectivity index (χ1n) is 9.59. The van der Waals surface area contributed by atoms with Crippen molar-refractivity contribution in [3.63, 3.8) is 0 Å². The third kappa shape index (κ3) is 3.72. The fourth-order valence-electron chi connectivity index (χ4n) is 4.50. The normalized spacial score (nSPS) is 32.0. The Labute approximate surface area is 150 Å². The van der Waals surface area contributed by atoms with Crippen molar-refractivity contribution in [3.8, 4) is 0 Å². The molecule has 0 radical (unpaired) electrons. The fraction of sp³-hybridized carbons (Fsp3) is 0.700. The Bertz CT molecular complexity index is 602. The van der Waals surface area contributed by atoms with Crippen molar-refractivity contribution < 1.29 is 9.53 Å². The van der Waals surface area contributed by atoms with Crippen LogP contribution in [0, 0.1) is 17.8 Å². The standard InChI is InChI=1S/C20H29N3O2/c1-22(2)18-9-16-11-23(20(24)15-5-7-21-8-6-15)12-17(16)10-19(18)25-13-14-3-4-14/h5-8,14,16-19H,3-4,9-13H2,1-2H3/t16-,17+,18-,19-/m1/s1. The molecule has 1 saturated heterocycles. The minimum absolute atomic E-state index is 0.147. The number of ether oxygens (including phenoxy) is 1. The predicted molar refractivity (Wildman–Crippen MR) is 96.3 cm³/mol. The van der Waals surface area contributed by atoms with Crippen molar-refractivity contribution in [2.24, 2.45) is 17.8 Å². The molecule has 3 aliphatic rings. The van der Waals surface area contributed by atoms with E-state index < -0.39 is 0 Å². The average molecular weight is 343 g/mol. The summed E-state index contributed by atoms with van der Waals surface area (Å²) in [6.45, 7) is 2.67. The summed E-state index contributed by atoms with van der Waals surface area (Å²) in [7, 11) is 4.32. The molecule has 25 heavy (non-hydrogen) atoms. The van der Waals surface area contributed by atoms with Gasteiger partial charge in [-0.2, -0.15) is 0 Å². The summed E-state index contributed by atoms with van der Waals surface area (Å²) in [5.41, 5.74) is 0.749. The number of rotatable bonds is 5. The number of amides is 1. The lowest BCUT2D eigenvalue weighted by atomic mass is 9.77. The van der Waals surface area contributed by atoms with Gasteiger partial charge >= 0.3 is 0 Å². The molecule has 0 unspecified atom stereocenters. The summed E-state index contributed by atoms with van der Waals surface area (Å²) in [5.74, 6) is 2.12. The lowest BCUT2D eigenvalue weighted by molar-refractivity contribution is -0.0493. The Morgan fingerprint density at radius 2 is 1.88 bits per heavy atom. The second-order valence-corrected chi connectivity index (χ2v) is 8.28. The molecule has 136 valence electrons. The maximum Gasteiger partial charge on any atom is 0.253 e. The number of likely N-dealkylation sites (N-methyl/N-ethyl adjacent to an activating group) is 1. The molecular weight excluding hydrogens is 314 g/mol. The number of likely N-dealkylation sites (tertiary alicyclic amines) is 1. The Morgan fingerprint density at radius 3 is 2.52 bits per heavy atom. The fourth-order valence-corrected chi connectivity index (χ4v) is 4.50. The summed E-state index contributed by atoms with van der Waals surface area (Å²) >= 11 is 0. The molecule has 3 fully saturated rings. The Hall–Kier alpha value is -1.46. The van der Waals surface area contributed by atoms with Gasteiger partial charge in [-0.25, -0.2) is 0 Å². The van der Waals surface area contributed by atoms with Gasteiger partial charge in [-0.15, -0.1) is 0 Å². The first-order chi connectivity index (χ1) is 12.1. The molecule has 0 N–H and O–H groups in total. The minimum atomic E-state index is 0.147. The molecule has 2 heterocycles. The second-order valence-electron chi connectivity index (χ2n) is 8.28. The van der Waals surface area contributed by atoms with Gasteiger partial charge in [0, 0.05) is 43.7 Å². The van der Waals surface area contributed by atoms with Crippen molar-refractivity contribution in [1.82, 2.24) is 14.8 Å². The van der Waals surface area contributed by atoms with Crippen molar-refractivity contribution in [2.75, 3.05) is 33.8 Å². The smallest absolute Gasteiger partial charge is 0.253 e. The molecule has 0 spiro atoms. The summed E-state index contributed by atoms with van der Waals surface area (Å²) in [6, 6.07) is 4.10. The maximum atomic E-state index is 12.8. The number of carbonyl (C=O) groups excluding carboxylic acids is 1. The third-order valence-electron chi connectivity index (χ3n) is 6.21. The molecule has 5 nitrogen and oxygen atoms in total. The Balaban J connectivity index is 1.42. The van der Waals surface area contributed by atoms with E-state index >= 15 is 0 Å². The van der Waals surface area contributed by atoms with Crippen LogP contribution in [0.4, 0.5) is 0 Å². The van der Waals surface area contributed by atoms with Crippen molar-refractivity contribution in [3.05, 3.63) is 30.1 Å². The number of fused-ring (bicyclic) bond motifs is 1. The van der Waals surface area contributed by atoms with Crippen molar-refractivity contribution in [2.45, 2.75) is 37.8 Å². The van der Waals surface area contributed by atoms with Gasteiger partial charge in [-0.1, -0.05) is 0 Å². The molecule has 2 aliphatic carbocycles. The largest absolute Gasteiger partial charge is 0.376 e. The topological polar surface area (TPSA) is 45.7 Å². The molecule has 4 atom stereocenters. The number of carbonyl (C=O) groups is 1. The SMILES string of the molecule is CN(C)[C@@H]1C[C@@H]2CN(C(=O)c3ccncc3)C[C@@H]2C[C@H]1OCC1CC1. The highest BCUT2D eigenvalue weighted by Gasteiger charge is 2.44. The van der Waals surface area contributed by atoms with Crippen LogP contribution in [0.3, 0.4) is 0 Å². The first-order valence-corrected chi connectivity index (χ1v) is 9.59. The lowest BCUT2D eigenvalue weighted by Gasteiger charge is -2.41. The molecular formula is C20H29N3O2. The lowest BCUT2D eigenvalue weighted by Crippen LogP contribution is -2.48. The zero-order valence-corrected chi connectivity index (χ0v) is 15.3. The van der Waals surface area contributed by atoms with Gasteiger partial charge in [0.1, 0.15) is 0 Å². The van der Waals surface area contributed by atoms with E-state index in [2.05, 4.69) is 24.0 Å². The van der Waals surface area contributed by atoms with Crippen molar-refractivity contribution >= 4 is 5.91 Å². The van der Waals surface area contributed by atoms with Gasteiger partial charge in [-0.05, 0) is 69.7 Å². The van der Waals surface area contributed by atoms with Crippen LogP contribution in [-0.4, -0.2) is 66.6 Å². The first kappa shape index (κ1) is 17.0. The van der Waals surface area contributed by atoms with E-state index in [1.165, 1.54) is 12.8 Å². The molecule has 1 amide bonds. The van der Waals surface area contributed by atoms with Gasteiger partial charge in [0.2, 0.25) is 0 Å². The Kier molecular flexibility index (Phi) is 4.78. The number of hydrogen-bond donors (Lipinski definition) is 0. The van der Waals surface area contributed by atoms with E-state index in [1.54, 1.807) is 12.4 Å². The van der Waals surface area contributed by atoms with E-state index in [4.69, 9.17) is 4.74 Å². The molecule has 2 saturated carbocycles. The van der Waals surface area contributed by atoms with Gasteiger partial charge in [0.05, 0.1) is 6.10 Å². The molecule has 4 rings (SSSR count). The van der Waals surface area contributed by atoms with Crippen molar-refractivity contribution in [1.29, 1.82) is 0 Å². The van der Waals surface area contributed by atoms with Crippen LogP contribution in [0.5, 0.6) is 0 Å². The van der Waals surface area contributed by atoms with E-state index in [-0.39, 0.29) is 5.91 Å². The minimum Gasteiger partial charge on any atom is -0.376 e. The van der Waals surface area contributed by atoms with E-state index in [0.717, 1.165) is 44.0 Å². The molecule has 0 bridgehead atoms. The van der Waals surface area contributed by atoms with E-state index in [1.807, 2.05) is 17.0 Å². The quantitative estimate of drug-likeness (QED) is 0.823. The van der Waals surface area contributed by atoms with Crippen LogP contribution in [-0.2, 0) is 4.74 Å². The van der Waals surface area contributed by atoms with E-state index in [0.29, 0.717) is 24.0 Å². The van der Waals surface area contributed by atoms with Crippen LogP contribution >= 0.6 is 0 Å². The summed E-state index contributed by atoms with van der Waals surface area (Å²) < 4.78 is 6.32. The third-order valence-corrected chi connectivity index (χ3v) is 6.21.